The van der Waals surface area contributed by atoms with Gasteiger partial charge in [0.05, 0.1) is 0 Å². The number of halogens is 1. The topological polar surface area (TPSA) is 26.0 Å². The van der Waals surface area contributed by atoms with Crippen molar-refractivity contribution in [3.8, 4) is 10.4 Å². The van der Waals surface area contributed by atoms with Gasteiger partial charge in [0.25, 0.3) is 0 Å². The van der Waals surface area contributed by atoms with Crippen molar-refractivity contribution in [2.24, 2.45) is 5.73 Å². The van der Waals surface area contributed by atoms with Crippen molar-refractivity contribution in [1.29, 1.82) is 0 Å². The van der Waals surface area contributed by atoms with Crippen LogP contribution in [0.25, 0.3) is 10.4 Å². The van der Waals surface area contributed by atoms with Gasteiger partial charge >= 0.3 is 0 Å². The van der Waals surface area contributed by atoms with Crippen LogP contribution in [0.1, 0.15) is 16.0 Å². The molecule has 0 saturated heterocycles. The fraction of sp³-hybridized carbons (Fsp3) is 0.231. The minimum Gasteiger partial charge on any atom is -0.326 e. The van der Waals surface area contributed by atoms with Crippen molar-refractivity contribution >= 4 is 22.9 Å². The van der Waals surface area contributed by atoms with Crippen LogP contribution in [0.2, 0.25) is 5.02 Å². The molecule has 1 aromatic carbocycles. The third-order valence-electron chi connectivity index (χ3n) is 2.63. The van der Waals surface area contributed by atoms with E-state index in [1.165, 1.54) is 20.9 Å². The average Bonchev–Trinajstić information content (AvgIpc) is 2.71. The van der Waals surface area contributed by atoms with Gasteiger partial charge in [-0.05, 0) is 54.8 Å². The van der Waals surface area contributed by atoms with Gasteiger partial charge in [0.15, 0.2) is 0 Å². The molecule has 84 valence electrons. The standard InChI is InChI=1S/C13H14ClNS/c1-8-6-12(14)9(2)5-11(8)13-4-3-10(7-15)16-13/h3-6H,7,15H2,1-2H3. The highest BCUT2D eigenvalue weighted by Crippen LogP contribution is 2.33. The SMILES string of the molecule is Cc1cc(-c2ccc(CN)s2)c(C)cc1Cl. The summed E-state index contributed by atoms with van der Waals surface area (Å²) in [6.07, 6.45) is 0. The Hall–Kier alpha value is -0.830. The van der Waals surface area contributed by atoms with Gasteiger partial charge < -0.3 is 5.73 Å². The maximum absolute atomic E-state index is 6.09. The van der Waals surface area contributed by atoms with Gasteiger partial charge in [-0.3, -0.25) is 0 Å². The molecule has 1 heterocycles. The van der Waals surface area contributed by atoms with Crippen molar-refractivity contribution in [3.63, 3.8) is 0 Å². The average molecular weight is 252 g/mol. The fourth-order valence-corrected chi connectivity index (χ4v) is 2.86. The van der Waals surface area contributed by atoms with Crippen molar-refractivity contribution in [2.75, 3.05) is 0 Å². The highest BCUT2D eigenvalue weighted by Gasteiger charge is 2.07. The van der Waals surface area contributed by atoms with Gasteiger partial charge in [-0.1, -0.05) is 11.6 Å². The van der Waals surface area contributed by atoms with Gasteiger partial charge in [0, 0.05) is 21.3 Å². The van der Waals surface area contributed by atoms with Crippen molar-refractivity contribution in [2.45, 2.75) is 20.4 Å². The zero-order valence-electron chi connectivity index (χ0n) is 9.38. The molecule has 0 spiro atoms. The molecule has 0 aliphatic carbocycles. The lowest BCUT2D eigenvalue weighted by atomic mass is 10.0. The summed E-state index contributed by atoms with van der Waals surface area (Å²) in [6, 6.07) is 8.38. The van der Waals surface area contributed by atoms with Crippen LogP contribution in [0.3, 0.4) is 0 Å². The Morgan fingerprint density at radius 1 is 1.19 bits per heavy atom. The Balaban J connectivity index is 2.51. The van der Waals surface area contributed by atoms with Crippen LogP contribution in [0.5, 0.6) is 0 Å². The summed E-state index contributed by atoms with van der Waals surface area (Å²) in [6.45, 7) is 4.72. The van der Waals surface area contributed by atoms with Gasteiger partial charge in [0.2, 0.25) is 0 Å². The van der Waals surface area contributed by atoms with Crippen LogP contribution in [0.15, 0.2) is 24.3 Å². The van der Waals surface area contributed by atoms with Gasteiger partial charge in [0.1, 0.15) is 0 Å². The second-order valence-corrected chi connectivity index (χ2v) is 5.46. The first-order valence-electron chi connectivity index (χ1n) is 5.17. The minimum absolute atomic E-state index is 0.607. The highest BCUT2D eigenvalue weighted by atomic mass is 35.5. The number of nitrogens with two attached hydrogens (primary N) is 1. The Kier molecular flexibility index (Phi) is 3.33. The zero-order chi connectivity index (χ0) is 11.7. The first-order chi connectivity index (χ1) is 7.61. The predicted octanol–water partition coefficient (Wildman–Crippen LogP) is 4.14. The molecular formula is C13H14ClNS. The van der Waals surface area contributed by atoms with Gasteiger partial charge in [-0.25, -0.2) is 0 Å². The Labute approximate surface area is 105 Å². The normalized spacial score (nSPS) is 10.8. The summed E-state index contributed by atoms with van der Waals surface area (Å²) in [7, 11) is 0. The first kappa shape index (κ1) is 11.6. The molecule has 2 rings (SSSR count). The molecule has 0 aliphatic rings. The van der Waals surface area contributed by atoms with Crippen LogP contribution >= 0.6 is 22.9 Å². The fourth-order valence-electron chi connectivity index (χ4n) is 1.68. The Morgan fingerprint density at radius 3 is 2.56 bits per heavy atom. The van der Waals surface area contributed by atoms with Crippen LogP contribution < -0.4 is 5.73 Å². The lowest BCUT2D eigenvalue weighted by Crippen LogP contribution is -1.91. The van der Waals surface area contributed by atoms with E-state index >= 15 is 0 Å². The van der Waals surface area contributed by atoms with Crippen LogP contribution in [-0.4, -0.2) is 0 Å². The third-order valence-corrected chi connectivity index (χ3v) is 4.18. The number of thiophene rings is 1. The molecule has 0 bridgehead atoms. The van der Waals surface area contributed by atoms with E-state index in [2.05, 4.69) is 25.1 Å². The molecule has 0 saturated carbocycles. The maximum Gasteiger partial charge on any atom is 0.0438 e. The third kappa shape index (κ3) is 2.14. The van der Waals surface area contributed by atoms with Crippen molar-refractivity contribution in [1.82, 2.24) is 0 Å². The molecule has 2 aromatic rings. The van der Waals surface area contributed by atoms with E-state index in [1.807, 2.05) is 13.0 Å². The number of rotatable bonds is 2. The lowest BCUT2D eigenvalue weighted by Gasteiger charge is -2.06. The molecule has 0 radical (unpaired) electrons. The number of hydrogen-bond acceptors (Lipinski definition) is 2. The van der Waals surface area contributed by atoms with E-state index in [0.29, 0.717) is 6.54 Å². The molecule has 1 nitrogen and oxygen atoms in total. The summed E-state index contributed by atoms with van der Waals surface area (Å²) >= 11 is 7.84. The molecule has 0 aliphatic heterocycles. The summed E-state index contributed by atoms with van der Waals surface area (Å²) in [5.74, 6) is 0. The smallest absolute Gasteiger partial charge is 0.0438 e. The molecule has 0 amide bonds. The summed E-state index contributed by atoms with van der Waals surface area (Å²) in [5, 5.41) is 0.830. The largest absolute Gasteiger partial charge is 0.326 e. The molecular weight excluding hydrogens is 238 g/mol. The quantitative estimate of drug-likeness (QED) is 0.853. The molecule has 3 heteroatoms. The summed E-state index contributed by atoms with van der Waals surface area (Å²) in [5.41, 5.74) is 9.20. The highest BCUT2D eigenvalue weighted by molar-refractivity contribution is 7.15. The molecule has 2 N–H and O–H groups in total. The molecule has 16 heavy (non-hydrogen) atoms. The molecule has 0 atom stereocenters. The predicted molar refractivity (Wildman–Crippen MR) is 72.1 cm³/mol. The van der Waals surface area contributed by atoms with E-state index in [9.17, 15) is 0 Å². The second kappa shape index (κ2) is 4.58. The first-order valence-corrected chi connectivity index (χ1v) is 6.37. The molecule has 1 aromatic heterocycles. The lowest BCUT2D eigenvalue weighted by molar-refractivity contribution is 1.11. The summed E-state index contributed by atoms with van der Waals surface area (Å²) < 4.78 is 0. The van der Waals surface area contributed by atoms with Gasteiger partial charge in [-0.15, -0.1) is 11.3 Å². The minimum atomic E-state index is 0.607. The van der Waals surface area contributed by atoms with E-state index in [-0.39, 0.29) is 0 Å². The van der Waals surface area contributed by atoms with Crippen LogP contribution in [-0.2, 0) is 6.54 Å². The van der Waals surface area contributed by atoms with E-state index in [4.69, 9.17) is 17.3 Å². The monoisotopic (exact) mass is 251 g/mol. The number of benzene rings is 1. The second-order valence-electron chi connectivity index (χ2n) is 3.89. The Bertz CT molecular complexity index is 517. The number of hydrogen-bond donors (Lipinski definition) is 1. The van der Waals surface area contributed by atoms with Crippen LogP contribution in [0.4, 0.5) is 0 Å². The molecule has 0 unspecified atom stereocenters. The van der Waals surface area contributed by atoms with Gasteiger partial charge in [-0.2, -0.15) is 0 Å². The summed E-state index contributed by atoms with van der Waals surface area (Å²) in [4.78, 5) is 2.47. The zero-order valence-corrected chi connectivity index (χ0v) is 11.0. The Morgan fingerprint density at radius 2 is 1.94 bits per heavy atom. The van der Waals surface area contributed by atoms with Crippen molar-refractivity contribution in [3.05, 3.63) is 45.3 Å². The maximum atomic E-state index is 6.09. The molecule has 0 fully saturated rings. The number of aryl methyl sites for hydroxylation is 2. The van der Waals surface area contributed by atoms with E-state index in [1.54, 1.807) is 11.3 Å². The van der Waals surface area contributed by atoms with E-state index < -0.39 is 0 Å². The van der Waals surface area contributed by atoms with Crippen molar-refractivity contribution < 1.29 is 0 Å². The van der Waals surface area contributed by atoms with E-state index in [0.717, 1.165) is 10.6 Å². The van der Waals surface area contributed by atoms with Crippen LogP contribution in [0, 0.1) is 13.8 Å².